The second kappa shape index (κ2) is 7.81. The Balaban J connectivity index is 1.53. The maximum Gasteiger partial charge on any atom is 0.312 e. The first-order valence-electron chi connectivity index (χ1n) is 12.1. The van der Waals surface area contributed by atoms with Crippen LogP contribution >= 0.6 is 0 Å². The molecule has 3 saturated carbocycles. The third kappa shape index (κ3) is 4.58. The number of carbonyl (C=O) groups is 2. The Morgan fingerprint density at radius 3 is 2.20 bits per heavy atom. The zero-order chi connectivity index (χ0) is 22.5. The summed E-state index contributed by atoms with van der Waals surface area (Å²) in [5.74, 6) is 1.94. The van der Waals surface area contributed by atoms with Crippen LogP contribution < -0.4 is 0 Å². The Labute approximate surface area is 183 Å². The molecule has 6 unspecified atom stereocenters. The van der Waals surface area contributed by atoms with Crippen LogP contribution in [-0.2, 0) is 19.1 Å². The zero-order valence-corrected chi connectivity index (χ0v) is 20.6. The average molecular weight is 421 g/mol. The lowest BCUT2D eigenvalue weighted by atomic mass is 9.58. The molecular formula is C26H44O4. The van der Waals surface area contributed by atoms with E-state index in [0.29, 0.717) is 17.8 Å². The molecule has 0 N–H and O–H groups in total. The third-order valence-electron chi connectivity index (χ3n) is 8.53. The fourth-order valence-electron chi connectivity index (χ4n) is 6.73. The Hall–Kier alpha value is -1.06. The van der Waals surface area contributed by atoms with Crippen molar-refractivity contribution in [2.24, 2.45) is 39.9 Å². The molecule has 0 amide bonds. The van der Waals surface area contributed by atoms with Crippen LogP contribution in [0.5, 0.6) is 0 Å². The minimum atomic E-state index is -0.410. The van der Waals surface area contributed by atoms with E-state index in [2.05, 4.69) is 55.4 Å². The molecule has 0 aromatic heterocycles. The van der Waals surface area contributed by atoms with Gasteiger partial charge in [-0.3, -0.25) is 9.59 Å². The van der Waals surface area contributed by atoms with Gasteiger partial charge in [-0.2, -0.15) is 0 Å². The van der Waals surface area contributed by atoms with Gasteiger partial charge in [-0.15, -0.1) is 0 Å². The summed E-state index contributed by atoms with van der Waals surface area (Å²) in [7, 11) is 0. The highest BCUT2D eigenvalue weighted by Crippen LogP contribution is 2.68. The van der Waals surface area contributed by atoms with Crippen molar-refractivity contribution < 1.29 is 19.1 Å². The molecular weight excluding hydrogens is 376 g/mol. The lowest BCUT2D eigenvalue weighted by Gasteiger charge is -2.52. The molecule has 0 aromatic rings. The molecule has 30 heavy (non-hydrogen) atoms. The van der Waals surface area contributed by atoms with Crippen LogP contribution in [0, 0.1) is 39.9 Å². The van der Waals surface area contributed by atoms with Gasteiger partial charge in [0.25, 0.3) is 0 Å². The number of ether oxygens (including phenoxy) is 2. The molecule has 2 bridgehead atoms. The second-order valence-electron chi connectivity index (χ2n) is 12.9. The van der Waals surface area contributed by atoms with E-state index in [9.17, 15) is 9.59 Å². The molecule has 3 aliphatic carbocycles. The standard InChI is InChI=1S/C26H44O4/c1-17-11-19-13-18(2)25(8,20(12-17)14-19)30-21(27)9-10-29-22(28)26(15-23(3,4)5)16-24(26,6)7/h17-20H,9-16H2,1-8H3. The molecule has 3 aliphatic rings. The van der Waals surface area contributed by atoms with E-state index in [1.807, 2.05) is 0 Å². The predicted octanol–water partition coefficient (Wildman–Crippen LogP) is 6.17. The van der Waals surface area contributed by atoms with Crippen molar-refractivity contribution in [2.75, 3.05) is 6.61 Å². The SMILES string of the molecule is CC1CC2CC(C)C(C)(OC(=O)CCOC(=O)C3(CC(C)(C)C)CC3(C)C)C(C1)C2. The largest absolute Gasteiger partial charge is 0.465 e. The Morgan fingerprint density at radius 1 is 1.00 bits per heavy atom. The molecule has 0 aromatic carbocycles. The Bertz CT molecular complexity index is 671. The summed E-state index contributed by atoms with van der Waals surface area (Å²) in [6, 6.07) is 0. The van der Waals surface area contributed by atoms with Crippen LogP contribution in [0.2, 0.25) is 0 Å². The van der Waals surface area contributed by atoms with Crippen LogP contribution in [0.3, 0.4) is 0 Å². The van der Waals surface area contributed by atoms with Crippen molar-refractivity contribution in [3.8, 4) is 0 Å². The lowest BCUT2D eigenvalue weighted by molar-refractivity contribution is -0.186. The molecule has 172 valence electrons. The number of esters is 2. The number of fused-ring (bicyclic) bond motifs is 2. The smallest absolute Gasteiger partial charge is 0.312 e. The zero-order valence-electron chi connectivity index (χ0n) is 20.6. The van der Waals surface area contributed by atoms with Gasteiger partial charge in [0.15, 0.2) is 0 Å². The number of carbonyl (C=O) groups excluding carboxylic acids is 2. The first kappa shape index (κ1) is 23.6. The van der Waals surface area contributed by atoms with E-state index in [-0.39, 0.29) is 35.8 Å². The first-order chi connectivity index (χ1) is 13.7. The van der Waals surface area contributed by atoms with Gasteiger partial charge in [-0.05, 0) is 80.0 Å². The molecule has 3 rings (SSSR count). The molecule has 0 aliphatic heterocycles. The maximum absolute atomic E-state index is 12.9. The van der Waals surface area contributed by atoms with Crippen molar-refractivity contribution in [3.63, 3.8) is 0 Å². The van der Waals surface area contributed by atoms with Gasteiger partial charge in [0, 0.05) is 0 Å². The summed E-state index contributed by atoms with van der Waals surface area (Å²) >= 11 is 0. The monoisotopic (exact) mass is 420 g/mol. The van der Waals surface area contributed by atoms with Crippen LogP contribution in [0.4, 0.5) is 0 Å². The van der Waals surface area contributed by atoms with E-state index in [4.69, 9.17) is 9.47 Å². The van der Waals surface area contributed by atoms with Crippen molar-refractivity contribution in [3.05, 3.63) is 0 Å². The average Bonchev–Trinajstić information content (AvgIpc) is 3.12. The summed E-state index contributed by atoms with van der Waals surface area (Å²) in [4.78, 5) is 25.6. The highest BCUT2D eigenvalue weighted by molar-refractivity contribution is 5.82. The number of hydrogen-bond donors (Lipinski definition) is 0. The number of rotatable bonds is 6. The van der Waals surface area contributed by atoms with Crippen LogP contribution in [0.25, 0.3) is 0 Å². The molecule has 0 saturated heterocycles. The van der Waals surface area contributed by atoms with Crippen molar-refractivity contribution >= 4 is 11.9 Å². The van der Waals surface area contributed by atoms with Crippen LogP contribution in [-0.4, -0.2) is 24.1 Å². The summed E-state index contributed by atoms with van der Waals surface area (Å²) < 4.78 is 11.7. The molecule has 3 fully saturated rings. The van der Waals surface area contributed by atoms with Gasteiger partial charge >= 0.3 is 11.9 Å². The van der Waals surface area contributed by atoms with Gasteiger partial charge in [-0.1, -0.05) is 48.5 Å². The summed E-state index contributed by atoms with van der Waals surface area (Å²) in [5, 5.41) is 0. The highest BCUT2D eigenvalue weighted by atomic mass is 16.6. The first-order valence-corrected chi connectivity index (χ1v) is 12.1. The van der Waals surface area contributed by atoms with E-state index in [0.717, 1.165) is 31.6 Å². The summed E-state index contributed by atoms with van der Waals surface area (Å²) in [6.45, 7) is 17.6. The van der Waals surface area contributed by atoms with Gasteiger partial charge in [-0.25, -0.2) is 0 Å². The van der Waals surface area contributed by atoms with E-state index >= 15 is 0 Å². The van der Waals surface area contributed by atoms with Crippen molar-refractivity contribution in [2.45, 2.75) is 106 Å². The minimum absolute atomic E-state index is 0.0307. The van der Waals surface area contributed by atoms with Gasteiger partial charge in [0.2, 0.25) is 0 Å². The van der Waals surface area contributed by atoms with E-state index in [1.54, 1.807) is 0 Å². The fourth-order valence-corrected chi connectivity index (χ4v) is 6.73. The molecule has 0 radical (unpaired) electrons. The minimum Gasteiger partial charge on any atom is -0.465 e. The number of hydrogen-bond acceptors (Lipinski definition) is 4. The maximum atomic E-state index is 12.9. The van der Waals surface area contributed by atoms with Gasteiger partial charge in [0.05, 0.1) is 11.8 Å². The van der Waals surface area contributed by atoms with E-state index < -0.39 is 11.0 Å². The van der Waals surface area contributed by atoms with Gasteiger partial charge < -0.3 is 9.47 Å². The highest BCUT2D eigenvalue weighted by Gasteiger charge is 2.67. The van der Waals surface area contributed by atoms with E-state index in [1.165, 1.54) is 12.8 Å². The molecule has 4 heteroatoms. The molecule has 4 nitrogen and oxygen atoms in total. The lowest BCUT2D eigenvalue weighted by Crippen LogP contribution is -2.52. The van der Waals surface area contributed by atoms with Crippen molar-refractivity contribution in [1.29, 1.82) is 0 Å². The molecule has 6 atom stereocenters. The molecule has 0 heterocycles. The predicted molar refractivity (Wildman–Crippen MR) is 119 cm³/mol. The van der Waals surface area contributed by atoms with Crippen molar-refractivity contribution in [1.82, 2.24) is 0 Å². The Kier molecular flexibility index (Phi) is 6.15. The summed E-state index contributed by atoms with van der Waals surface area (Å²) in [5.41, 5.74) is -0.770. The third-order valence-corrected chi connectivity index (χ3v) is 8.53. The Morgan fingerprint density at radius 2 is 1.63 bits per heavy atom. The quantitative estimate of drug-likeness (QED) is 0.482. The van der Waals surface area contributed by atoms with Crippen LogP contribution in [0.15, 0.2) is 0 Å². The topological polar surface area (TPSA) is 52.6 Å². The second-order valence-corrected chi connectivity index (χ2v) is 12.9. The molecule has 0 spiro atoms. The normalized spacial score (nSPS) is 39.9. The van der Waals surface area contributed by atoms with Gasteiger partial charge in [0.1, 0.15) is 12.2 Å². The van der Waals surface area contributed by atoms with Crippen LogP contribution in [0.1, 0.15) is 100 Å². The summed E-state index contributed by atoms with van der Waals surface area (Å²) in [6.07, 6.45) is 6.59. The fraction of sp³-hybridized carbons (Fsp3) is 0.923.